The Balaban J connectivity index is 1.45. The number of hydrogen-bond donors (Lipinski definition) is 0. The van der Waals surface area contributed by atoms with Crippen LogP contribution < -0.4 is 24.4 Å². The third-order valence-electron chi connectivity index (χ3n) is 7.17. The minimum absolute atomic E-state index is 0.104. The van der Waals surface area contributed by atoms with E-state index in [4.69, 9.17) is 18.9 Å². The van der Waals surface area contributed by atoms with Crippen LogP contribution in [0.25, 0.3) is 0 Å². The Morgan fingerprint density at radius 3 is 1.41 bits per heavy atom. The average Bonchev–Trinajstić information content (AvgIpc) is 3.21. The molecule has 0 heterocycles. The summed E-state index contributed by atoms with van der Waals surface area (Å²) < 4.78 is 22.4. The van der Waals surface area contributed by atoms with Crippen LogP contribution in [0.4, 0.5) is 0 Å². The normalized spacial score (nSPS) is 10.7. The topological polar surface area (TPSA) is 88.1 Å². The highest BCUT2D eigenvalue weighted by atomic mass is 16.5. The molecule has 0 fully saturated rings. The van der Waals surface area contributed by atoms with Crippen LogP contribution in [0, 0.1) is 0 Å². The van der Waals surface area contributed by atoms with Crippen LogP contribution in [-0.4, -0.2) is 25.2 Å². The Bertz CT molecular complexity index is 1330. The maximum atomic E-state index is 12.7. The van der Waals surface area contributed by atoms with Crippen LogP contribution >= 0.6 is 0 Å². The lowest BCUT2D eigenvalue weighted by Crippen LogP contribution is -2.14. The van der Waals surface area contributed by atoms with Gasteiger partial charge in [0.25, 0.3) is 0 Å². The lowest BCUT2D eigenvalue weighted by Gasteiger charge is -2.08. The molecule has 0 amide bonds. The van der Waals surface area contributed by atoms with Gasteiger partial charge in [0.2, 0.25) is 5.43 Å². The van der Waals surface area contributed by atoms with Gasteiger partial charge in [-0.1, -0.05) is 78.1 Å². The van der Waals surface area contributed by atoms with Crippen molar-refractivity contribution in [1.29, 1.82) is 0 Å². The van der Waals surface area contributed by atoms with E-state index in [9.17, 15) is 14.4 Å². The quantitative estimate of drug-likeness (QED) is 0.0724. The fourth-order valence-electron chi connectivity index (χ4n) is 4.53. The van der Waals surface area contributed by atoms with Crippen LogP contribution in [-0.2, 0) is 0 Å². The van der Waals surface area contributed by atoms with E-state index in [-0.39, 0.29) is 16.9 Å². The summed E-state index contributed by atoms with van der Waals surface area (Å²) >= 11 is 0. The molecule has 0 saturated carbocycles. The first-order chi connectivity index (χ1) is 21.5. The Morgan fingerprint density at radius 1 is 0.477 bits per heavy atom. The molecule has 0 N–H and O–H groups in total. The number of hydrogen-bond acceptors (Lipinski definition) is 7. The molecule has 0 aliphatic carbocycles. The Hall–Kier alpha value is -4.13. The van der Waals surface area contributed by atoms with E-state index in [1.54, 1.807) is 36.4 Å². The van der Waals surface area contributed by atoms with E-state index < -0.39 is 17.4 Å². The molecule has 44 heavy (non-hydrogen) atoms. The second-order valence-corrected chi connectivity index (χ2v) is 10.9. The standard InChI is InChI=1S/C37H46O7/c1-3-5-7-9-11-13-27-41-31-19-21-33(22-20-31)43-36(39)29-15-17-30(18-16-29)37(40)44-35-26-24-32(23-25-34(35)38)42-28-14-12-10-8-6-4-2/h15-26H,3-14,27-28H2,1-2H3. The Kier molecular flexibility index (Phi) is 15.6. The molecule has 0 aromatic heterocycles. The van der Waals surface area contributed by atoms with Gasteiger partial charge in [-0.2, -0.15) is 0 Å². The number of ether oxygens (including phenoxy) is 4. The average molecular weight is 603 g/mol. The molecule has 7 heteroatoms. The number of carbonyl (C=O) groups is 2. The summed E-state index contributed by atoms with van der Waals surface area (Å²) in [5, 5.41) is 0. The largest absolute Gasteiger partial charge is 0.494 e. The third kappa shape index (κ3) is 12.6. The molecule has 3 aromatic carbocycles. The van der Waals surface area contributed by atoms with Crippen molar-refractivity contribution in [3.63, 3.8) is 0 Å². The molecule has 236 valence electrons. The lowest BCUT2D eigenvalue weighted by atomic mass is 10.1. The zero-order chi connectivity index (χ0) is 31.4. The molecule has 0 spiro atoms. The first kappa shape index (κ1) is 34.4. The second kappa shape index (κ2) is 19.9. The highest BCUT2D eigenvalue weighted by Gasteiger charge is 2.14. The van der Waals surface area contributed by atoms with E-state index in [1.165, 1.54) is 87.8 Å². The predicted molar refractivity (Wildman–Crippen MR) is 173 cm³/mol. The molecule has 0 aliphatic heterocycles. The Morgan fingerprint density at radius 2 is 0.886 bits per heavy atom. The molecule has 0 saturated heterocycles. The summed E-state index contributed by atoms with van der Waals surface area (Å²) in [7, 11) is 0. The molecular weight excluding hydrogens is 556 g/mol. The van der Waals surface area contributed by atoms with Crippen molar-refractivity contribution in [3.8, 4) is 23.0 Å². The molecular formula is C37H46O7. The number of esters is 2. The molecule has 3 aromatic rings. The molecule has 0 atom stereocenters. The second-order valence-electron chi connectivity index (χ2n) is 10.9. The molecule has 0 aliphatic rings. The van der Waals surface area contributed by atoms with Crippen LogP contribution in [0.2, 0.25) is 0 Å². The van der Waals surface area contributed by atoms with Gasteiger partial charge in [0, 0.05) is 0 Å². The minimum Gasteiger partial charge on any atom is -0.494 e. The summed E-state index contributed by atoms with van der Waals surface area (Å²) in [6, 6.07) is 18.8. The van der Waals surface area contributed by atoms with E-state index in [1.807, 2.05) is 0 Å². The van der Waals surface area contributed by atoms with Gasteiger partial charge in [0.15, 0.2) is 5.75 Å². The van der Waals surface area contributed by atoms with Crippen LogP contribution in [0.5, 0.6) is 23.0 Å². The van der Waals surface area contributed by atoms with E-state index >= 15 is 0 Å². The van der Waals surface area contributed by atoms with Gasteiger partial charge in [0.05, 0.1) is 24.3 Å². The first-order valence-corrected chi connectivity index (χ1v) is 16.0. The summed E-state index contributed by atoms with van der Waals surface area (Å²) in [4.78, 5) is 37.8. The fourth-order valence-corrected chi connectivity index (χ4v) is 4.53. The zero-order valence-corrected chi connectivity index (χ0v) is 26.2. The molecule has 0 radical (unpaired) electrons. The zero-order valence-electron chi connectivity index (χ0n) is 26.2. The van der Waals surface area contributed by atoms with Crippen LogP contribution in [0.3, 0.4) is 0 Å². The molecule has 0 unspecified atom stereocenters. The summed E-state index contributed by atoms with van der Waals surface area (Å²) in [5.74, 6) is 0.283. The highest BCUT2D eigenvalue weighted by molar-refractivity contribution is 5.94. The minimum atomic E-state index is -0.709. The van der Waals surface area contributed by atoms with Crippen molar-refractivity contribution >= 4 is 11.9 Å². The predicted octanol–water partition coefficient (Wildman–Crippen LogP) is 8.96. The fraction of sp³-hybridized carbons (Fsp3) is 0.432. The van der Waals surface area contributed by atoms with Gasteiger partial charge in [0.1, 0.15) is 17.2 Å². The molecule has 0 bridgehead atoms. The van der Waals surface area contributed by atoms with Gasteiger partial charge >= 0.3 is 11.9 Å². The number of benzene rings is 2. The maximum Gasteiger partial charge on any atom is 0.343 e. The molecule has 3 rings (SSSR count). The smallest absolute Gasteiger partial charge is 0.343 e. The van der Waals surface area contributed by atoms with Crippen LogP contribution in [0.15, 0.2) is 77.6 Å². The van der Waals surface area contributed by atoms with E-state index in [0.717, 1.165) is 31.4 Å². The maximum absolute atomic E-state index is 12.7. The van der Waals surface area contributed by atoms with Gasteiger partial charge in [-0.3, -0.25) is 4.79 Å². The van der Waals surface area contributed by atoms with Crippen molar-refractivity contribution < 1.29 is 28.5 Å². The monoisotopic (exact) mass is 602 g/mol. The van der Waals surface area contributed by atoms with Crippen molar-refractivity contribution in [1.82, 2.24) is 0 Å². The van der Waals surface area contributed by atoms with Gasteiger partial charge in [-0.05, 0) is 85.6 Å². The van der Waals surface area contributed by atoms with Crippen molar-refractivity contribution in [3.05, 3.63) is 94.1 Å². The number of carbonyl (C=O) groups excluding carboxylic acids is 2. The number of rotatable bonds is 20. The van der Waals surface area contributed by atoms with Crippen molar-refractivity contribution in [2.45, 2.75) is 90.9 Å². The van der Waals surface area contributed by atoms with Crippen LogP contribution in [0.1, 0.15) is 112 Å². The molecule has 7 nitrogen and oxygen atoms in total. The SMILES string of the molecule is CCCCCCCCOc1ccc(OC(=O)c2ccc(C(=O)Oc3ccc(OCCCCCCCC)ccc3=O)cc2)cc1. The van der Waals surface area contributed by atoms with Gasteiger partial charge < -0.3 is 18.9 Å². The van der Waals surface area contributed by atoms with E-state index in [0.29, 0.717) is 24.7 Å². The summed E-state index contributed by atoms with van der Waals surface area (Å²) in [5.41, 5.74) is 0.0263. The van der Waals surface area contributed by atoms with Crippen molar-refractivity contribution in [2.75, 3.05) is 13.2 Å². The number of unbranched alkanes of at least 4 members (excludes halogenated alkanes) is 10. The lowest BCUT2D eigenvalue weighted by molar-refractivity contribution is 0.0719. The van der Waals surface area contributed by atoms with Gasteiger partial charge in [-0.15, -0.1) is 0 Å². The van der Waals surface area contributed by atoms with Gasteiger partial charge in [-0.25, -0.2) is 9.59 Å². The Labute approximate surface area is 261 Å². The third-order valence-corrected chi connectivity index (χ3v) is 7.17. The summed E-state index contributed by atoms with van der Waals surface area (Å²) in [6.07, 6.45) is 14.1. The highest BCUT2D eigenvalue weighted by Crippen LogP contribution is 2.20. The summed E-state index contributed by atoms with van der Waals surface area (Å²) in [6.45, 7) is 5.62. The van der Waals surface area contributed by atoms with Crippen molar-refractivity contribution in [2.24, 2.45) is 0 Å². The van der Waals surface area contributed by atoms with E-state index in [2.05, 4.69) is 13.8 Å². The first-order valence-electron chi connectivity index (χ1n) is 16.0.